The van der Waals surface area contributed by atoms with Crippen LogP contribution in [0.2, 0.25) is 5.02 Å². The third kappa shape index (κ3) is 5.75. The molecular formula is C25H30ClF2NO3S. The highest BCUT2D eigenvalue weighted by atomic mass is 35.5. The molecule has 1 aliphatic rings. The first kappa shape index (κ1) is 25.6. The maximum Gasteiger partial charge on any atom is 0.220 e. The highest BCUT2D eigenvalue weighted by molar-refractivity contribution is 7.92. The molecule has 0 heterocycles. The first-order chi connectivity index (χ1) is 15.3. The average Bonchev–Trinajstić information content (AvgIpc) is 2.73. The minimum Gasteiger partial charge on any atom is -0.352 e. The zero-order valence-corrected chi connectivity index (χ0v) is 20.7. The van der Waals surface area contributed by atoms with Gasteiger partial charge >= 0.3 is 0 Å². The van der Waals surface area contributed by atoms with Gasteiger partial charge in [-0.2, -0.15) is 0 Å². The van der Waals surface area contributed by atoms with Crippen LogP contribution >= 0.6 is 11.6 Å². The van der Waals surface area contributed by atoms with Crippen molar-refractivity contribution in [3.8, 4) is 0 Å². The van der Waals surface area contributed by atoms with E-state index in [1.54, 1.807) is 0 Å². The maximum absolute atomic E-state index is 14.9. The zero-order valence-electron chi connectivity index (χ0n) is 19.1. The lowest BCUT2D eigenvalue weighted by atomic mass is 9.76. The van der Waals surface area contributed by atoms with Crippen LogP contribution in [0.5, 0.6) is 0 Å². The zero-order chi connectivity index (χ0) is 24.4. The summed E-state index contributed by atoms with van der Waals surface area (Å²) in [5, 5.41) is 3.31. The fraction of sp³-hybridized carbons (Fsp3) is 0.480. The van der Waals surface area contributed by atoms with Crippen molar-refractivity contribution in [3.05, 3.63) is 64.7 Å². The summed E-state index contributed by atoms with van der Waals surface area (Å²) in [5.74, 6) is -1.35. The molecular weight excluding hydrogens is 468 g/mol. The van der Waals surface area contributed by atoms with E-state index >= 15 is 0 Å². The Balaban J connectivity index is 1.89. The van der Waals surface area contributed by atoms with Crippen LogP contribution in [0.4, 0.5) is 8.78 Å². The first-order valence-electron chi connectivity index (χ1n) is 11.1. The Kier molecular flexibility index (Phi) is 7.54. The van der Waals surface area contributed by atoms with Crippen LogP contribution in [0.25, 0.3) is 0 Å². The van der Waals surface area contributed by atoms with Crippen LogP contribution < -0.4 is 5.32 Å². The van der Waals surface area contributed by atoms with E-state index in [0.717, 1.165) is 18.2 Å². The number of benzene rings is 2. The van der Waals surface area contributed by atoms with E-state index in [2.05, 4.69) is 5.32 Å². The maximum atomic E-state index is 14.9. The molecule has 180 valence electrons. The highest BCUT2D eigenvalue weighted by Crippen LogP contribution is 2.50. The Morgan fingerprint density at radius 3 is 2.27 bits per heavy atom. The molecule has 0 atom stereocenters. The highest BCUT2D eigenvalue weighted by Gasteiger charge is 2.50. The van der Waals surface area contributed by atoms with E-state index in [1.807, 2.05) is 20.8 Å². The summed E-state index contributed by atoms with van der Waals surface area (Å²) in [6, 6.07) is 8.72. The van der Waals surface area contributed by atoms with Crippen molar-refractivity contribution in [2.45, 2.75) is 74.5 Å². The molecule has 4 nitrogen and oxygen atoms in total. The summed E-state index contributed by atoms with van der Waals surface area (Å²) in [6.45, 7) is 5.74. The van der Waals surface area contributed by atoms with E-state index in [4.69, 9.17) is 11.6 Å². The Hall–Kier alpha value is -1.99. The molecule has 0 radical (unpaired) electrons. The lowest BCUT2D eigenvalue weighted by Crippen LogP contribution is -2.42. The summed E-state index contributed by atoms with van der Waals surface area (Å²) in [4.78, 5) is 12.2. The largest absolute Gasteiger partial charge is 0.352 e. The van der Waals surface area contributed by atoms with Crippen molar-refractivity contribution in [3.63, 3.8) is 0 Å². The van der Waals surface area contributed by atoms with Crippen molar-refractivity contribution < 1.29 is 22.0 Å². The lowest BCUT2D eigenvalue weighted by Gasteiger charge is -2.40. The molecule has 1 N–H and O–H groups in total. The van der Waals surface area contributed by atoms with Gasteiger partial charge in [-0.3, -0.25) is 4.79 Å². The first-order valence-corrected chi connectivity index (χ1v) is 13.0. The van der Waals surface area contributed by atoms with E-state index in [0.29, 0.717) is 30.7 Å². The van der Waals surface area contributed by atoms with Gasteiger partial charge in [0.25, 0.3) is 0 Å². The molecule has 3 rings (SSSR count). The molecule has 8 heteroatoms. The van der Waals surface area contributed by atoms with E-state index in [-0.39, 0.29) is 40.7 Å². The monoisotopic (exact) mass is 497 g/mol. The van der Waals surface area contributed by atoms with Crippen LogP contribution in [0.15, 0.2) is 47.4 Å². The van der Waals surface area contributed by atoms with Gasteiger partial charge in [-0.1, -0.05) is 11.6 Å². The summed E-state index contributed by atoms with van der Waals surface area (Å²) < 4.78 is 55.1. The number of carbonyl (C=O) groups is 1. The number of amides is 1. The molecule has 0 spiro atoms. The molecule has 0 aromatic heterocycles. The van der Waals surface area contributed by atoms with E-state index in [1.165, 1.54) is 24.3 Å². The number of nitrogens with one attached hydrogen (secondary N) is 1. The van der Waals surface area contributed by atoms with Crippen molar-refractivity contribution in [2.75, 3.05) is 0 Å². The topological polar surface area (TPSA) is 63.2 Å². The van der Waals surface area contributed by atoms with Crippen LogP contribution in [0.3, 0.4) is 0 Å². The SMILES string of the molecule is CC(C)(C)NC(=O)CC[C@H]1CC[C@@](c2cc(F)ccc2F)(S(=O)(=O)c2ccc(Cl)cc2)CC1. The van der Waals surface area contributed by atoms with Crippen LogP contribution in [-0.2, 0) is 19.4 Å². The van der Waals surface area contributed by atoms with E-state index in [9.17, 15) is 22.0 Å². The van der Waals surface area contributed by atoms with Crippen LogP contribution in [0.1, 0.15) is 64.9 Å². The Labute approximate surface area is 199 Å². The lowest BCUT2D eigenvalue weighted by molar-refractivity contribution is -0.122. The summed E-state index contributed by atoms with van der Waals surface area (Å²) in [6.07, 6.45) is 2.22. The molecule has 1 fully saturated rings. The van der Waals surface area contributed by atoms with Gasteiger partial charge in [-0.25, -0.2) is 17.2 Å². The summed E-state index contributed by atoms with van der Waals surface area (Å²) in [7, 11) is -4.06. The van der Waals surface area contributed by atoms with Gasteiger partial charge in [-0.15, -0.1) is 0 Å². The number of hydrogen-bond donors (Lipinski definition) is 1. The standard InChI is InChI=1S/C25H30ClF2NO3S/c1-24(2,3)29-23(30)11-4-17-12-14-25(15-13-17,21-16-19(27)7-10-22(21)28)33(31,32)20-8-5-18(26)6-9-20/h5-10,16-17H,4,11-15H2,1-3H3,(H,29,30)/t17-,25+. The third-order valence-electron chi connectivity index (χ3n) is 6.26. The molecule has 2 aromatic rings. The molecule has 0 bridgehead atoms. The number of carbonyl (C=O) groups excluding carboxylic acids is 1. The van der Waals surface area contributed by atoms with Gasteiger partial charge in [0.15, 0.2) is 9.84 Å². The van der Waals surface area contributed by atoms with Crippen LogP contribution in [-0.4, -0.2) is 19.9 Å². The molecule has 1 aliphatic carbocycles. The predicted octanol–water partition coefficient (Wildman–Crippen LogP) is 6.17. The Bertz CT molecular complexity index is 1100. The van der Waals surface area contributed by atoms with Crippen molar-refractivity contribution in [2.24, 2.45) is 5.92 Å². The Morgan fingerprint density at radius 1 is 1.09 bits per heavy atom. The molecule has 0 unspecified atom stereocenters. The fourth-order valence-corrected chi connectivity index (χ4v) is 6.91. The van der Waals surface area contributed by atoms with Gasteiger partial charge in [-0.05, 0) is 101 Å². The van der Waals surface area contributed by atoms with Gasteiger partial charge in [0.05, 0.1) is 4.90 Å². The molecule has 0 aliphatic heterocycles. The van der Waals surface area contributed by atoms with Crippen molar-refractivity contribution >= 4 is 27.3 Å². The molecule has 1 saturated carbocycles. The van der Waals surface area contributed by atoms with Gasteiger partial charge in [0, 0.05) is 22.5 Å². The average molecular weight is 498 g/mol. The van der Waals surface area contributed by atoms with E-state index < -0.39 is 26.2 Å². The minimum atomic E-state index is -4.06. The van der Waals surface area contributed by atoms with Gasteiger partial charge in [0.2, 0.25) is 5.91 Å². The Morgan fingerprint density at radius 2 is 1.70 bits per heavy atom. The number of sulfone groups is 1. The predicted molar refractivity (Wildman–Crippen MR) is 126 cm³/mol. The second-order valence-corrected chi connectivity index (χ2v) is 12.6. The normalized spacial score (nSPS) is 21.6. The molecule has 33 heavy (non-hydrogen) atoms. The second-order valence-electron chi connectivity index (χ2n) is 9.86. The van der Waals surface area contributed by atoms with Gasteiger partial charge in [0.1, 0.15) is 16.4 Å². The number of halogens is 3. The minimum absolute atomic E-state index is 0.0265. The number of hydrogen-bond acceptors (Lipinski definition) is 3. The molecule has 2 aromatic carbocycles. The summed E-state index contributed by atoms with van der Waals surface area (Å²) >= 11 is 5.93. The van der Waals surface area contributed by atoms with Gasteiger partial charge < -0.3 is 5.32 Å². The van der Waals surface area contributed by atoms with Crippen molar-refractivity contribution in [1.29, 1.82) is 0 Å². The second kappa shape index (κ2) is 9.71. The third-order valence-corrected chi connectivity index (χ3v) is 9.07. The van der Waals surface area contributed by atoms with Crippen molar-refractivity contribution in [1.82, 2.24) is 5.32 Å². The molecule has 0 saturated heterocycles. The summed E-state index contributed by atoms with van der Waals surface area (Å²) in [5.41, 5.74) is -0.457. The smallest absolute Gasteiger partial charge is 0.220 e. The quantitative estimate of drug-likeness (QED) is 0.519. The number of rotatable bonds is 6. The van der Waals surface area contributed by atoms with Crippen LogP contribution in [0, 0.1) is 17.6 Å². The fourth-order valence-electron chi connectivity index (χ4n) is 4.62. The molecule has 1 amide bonds.